The van der Waals surface area contributed by atoms with Crippen LogP contribution in [0.5, 0.6) is 0 Å². The lowest BCUT2D eigenvalue weighted by molar-refractivity contribution is -0.150. The van der Waals surface area contributed by atoms with Crippen LogP contribution >= 0.6 is 23.2 Å². The lowest BCUT2D eigenvalue weighted by Crippen LogP contribution is -2.44. The summed E-state index contributed by atoms with van der Waals surface area (Å²) in [7, 11) is 1.34. The van der Waals surface area contributed by atoms with Gasteiger partial charge in [-0.25, -0.2) is 0 Å². The van der Waals surface area contributed by atoms with Crippen LogP contribution < -0.4 is 0 Å². The van der Waals surface area contributed by atoms with E-state index in [0.717, 1.165) is 64.0 Å². The van der Waals surface area contributed by atoms with Gasteiger partial charge in [-0.1, -0.05) is 34.4 Å². The predicted octanol–water partition coefficient (Wildman–Crippen LogP) is 8.71. The molecule has 2 atom stereocenters. The fourth-order valence-corrected chi connectivity index (χ4v) is 6.99. The first-order chi connectivity index (χ1) is 23.7. The van der Waals surface area contributed by atoms with E-state index in [1.807, 2.05) is 6.92 Å². The Morgan fingerprint density at radius 2 is 1.62 bits per heavy atom. The minimum Gasteiger partial charge on any atom is -0.466 e. The number of nitrogens with zero attached hydrogens (tertiary/aromatic N) is 3. The molecular formula is C35H43Cl2F6N3O4. The lowest BCUT2D eigenvalue weighted by Gasteiger charge is -2.38. The van der Waals surface area contributed by atoms with Crippen LogP contribution in [0.3, 0.4) is 0 Å². The molecule has 50 heavy (non-hydrogen) atoms. The molecule has 0 bridgehead atoms. The molecule has 15 heteroatoms. The standard InChI is InChI=1S/C35H43Cl2F6N3O4/c1-3-50-33(47)26-5-4-11-46(20-26)19-23-8-12-45(13-9-23)14-10-29(25-6-7-30(36)31(37)17-25)32(44-48-2)22-49-21-24-15-27(34(38,39)40)18-28(16-24)35(41,42)43/h6-7,15-18,23,26,29H,3-5,8-14,19-22H2,1-2H3/b44-32+. The molecule has 278 valence electrons. The van der Waals surface area contributed by atoms with Gasteiger partial charge in [0.1, 0.15) is 7.11 Å². The summed E-state index contributed by atoms with van der Waals surface area (Å²) in [5.41, 5.74) is -1.95. The second kappa shape index (κ2) is 18.3. The first-order valence-corrected chi connectivity index (χ1v) is 17.5. The third-order valence-electron chi connectivity index (χ3n) is 9.21. The zero-order chi connectivity index (χ0) is 36.5. The maximum atomic E-state index is 13.4. The topological polar surface area (TPSA) is 63.6 Å². The Hall–Kier alpha value is -2.58. The Morgan fingerprint density at radius 1 is 0.940 bits per heavy atom. The van der Waals surface area contributed by atoms with Crippen molar-refractivity contribution < 1.29 is 45.4 Å². The van der Waals surface area contributed by atoms with Gasteiger partial charge in [0.2, 0.25) is 0 Å². The number of piperidine rings is 2. The van der Waals surface area contributed by atoms with Crippen molar-refractivity contribution in [3.63, 3.8) is 0 Å². The number of esters is 1. The van der Waals surface area contributed by atoms with Gasteiger partial charge in [-0.2, -0.15) is 26.3 Å². The molecule has 2 aliphatic rings. The highest BCUT2D eigenvalue weighted by Crippen LogP contribution is 2.37. The summed E-state index contributed by atoms with van der Waals surface area (Å²) in [6.07, 6.45) is -5.55. The molecule has 2 aromatic carbocycles. The van der Waals surface area contributed by atoms with Gasteiger partial charge in [-0.3, -0.25) is 4.79 Å². The van der Waals surface area contributed by atoms with Crippen LogP contribution in [-0.4, -0.2) is 81.1 Å². The highest BCUT2D eigenvalue weighted by atomic mass is 35.5. The number of ether oxygens (including phenoxy) is 2. The number of likely N-dealkylation sites (tertiary alicyclic amines) is 2. The number of hydrogen-bond donors (Lipinski definition) is 0. The second-order valence-electron chi connectivity index (χ2n) is 12.8. The average Bonchev–Trinajstić information content (AvgIpc) is 3.06. The fourth-order valence-electron chi connectivity index (χ4n) is 6.68. The Morgan fingerprint density at radius 3 is 2.22 bits per heavy atom. The number of carbonyl (C=O) groups is 1. The summed E-state index contributed by atoms with van der Waals surface area (Å²) in [4.78, 5) is 22.1. The van der Waals surface area contributed by atoms with E-state index in [1.165, 1.54) is 7.11 Å². The number of carbonyl (C=O) groups excluding carboxylic acids is 1. The van der Waals surface area contributed by atoms with Crippen molar-refractivity contribution >= 4 is 34.9 Å². The fraction of sp³-hybridized carbons (Fsp3) is 0.600. The first-order valence-electron chi connectivity index (χ1n) is 16.7. The molecule has 2 saturated heterocycles. The molecular weight excluding hydrogens is 711 g/mol. The molecule has 0 spiro atoms. The van der Waals surface area contributed by atoms with E-state index in [9.17, 15) is 31.1 Å². The van der Waals surface area contributed by atoms with Crippen molar-refractivity contribution in [1.29, 1.82) is 0 Å². The number of alkyl halides is 6. The van der Waals surface area contributed by atoms with Crippen LogP contribution in [-0.2, 0) is 38.1 Å². The largest absolute Gasteiger partial charge is 0.466 e. The van der Waals surface area contributed by atoms with E-state index in [2.05, 4.69) is 15.0 Å². The van der Waals surface area contributed by atoms with Gasteiger partial charge in [0, 0.05) is 19.0 Å². The quantitative estimate of drug-likeness (QED) is 0.0833. The minimum atomic E-state index is -4.97. The lowest BCUT2D eigenvalue weighted by atomic mass is 9.89. The van der Waals surface area contributed by atoms with Crippen LogP contribution in [0.2, 0.25) is 10.0 Å². The van der Waals surface area contributed by atoms with Crippen molar-refractivity contribution in [2.45, 2.75) is 63.9 Å². The zero-order valence-corrected chi connectivity index (χ0v) is 29.6. The van der Waals surface area contributed by atoms with E-state index < -0.39 is 36.0 Å². The Kier molecular flexibility index (Phi) is 14.7. The Labute approximate surface area is 298 Å². The van der Waals surface area contributed by atoms with Crippen molar-refractivity contribution in [2.24, 2.45) is 17.0 Å². The van der Waals surface area contributed by atoms with E-state index in [1.54, 1.807) is 18.2 Å². The van der Waals surface area contributed by atoms with Gasteiger partial charge in [0.25, 0.3) is 0 Å². The molecule has 0 aromatic heterocycles. The SMILES string of the molecule is CCOC(=O)C1CCCN(CC2CCN(CCC(/C(COCc3cc(C(F)(F)F)cc(C(F)(F)F)c3)=N/OC)c3ccc(Cl)c(Cl)c3)CC2)C1. The molecule has 2 heterocycles. The zero-order valence-electron chi connectivity index (χ0n) is 28.1. The van der Waals surface area contributed by atoms with E-state index in [0.29, 0.717) is 53.4 Å². The third-order valence-corrected chi connectivity index (χ3v) is 9.94. The van der Waals surface area contributed by atoms with E-state index in [-0.39, 0.29) is 30.1 Å². The Balaban J connectivity index is 1.40. The number of hydrogen-bond acceptors (Lipinski definition) is 7. The highest BCUT2D eigenvalue weighted by molar-refractivity contribution is 6.42. The van der Waals surface area contributed by atoms with Crippen LogP contribution in [0.1, 0.15) is 67.2 Å². The van der Waals surface area contributed by atoms with Crippen LogP contribution in [0.15, 0.2) is 41.6 Å². The summed E-state index contributed by atoms with van der Waals surface area (Å²) >= 11 is 12.5. The summed E-state index contributed by atoms with van der Waals surface area (Å²) in [5, 5.41) is 4.84. The molecule has 0 amide bonds. The number of oxime groups is 1. The summed E-state index contributed by atoms with van der Waals surface area (Å²) < 4.78 is 91.2. The van der Waals surface area contributed by atoms with Crippen LogP contribution in [0.4, 0.5) is 26.3 Å². The van der Waals surface area contributed by atoms with E-state index in [4.69, 9.17) is 37.5 Å². The van der Waals surface area contributed by atoms with Gasteiger partial charge >= 0.3 is 18.3 Å². The maximum absolute atomic E-state index is 13.4. The number of benzene rings is 2. The molecule has 0 N–H and O–H groups in total. The van der Waals surface area contributed by atoms with Crippen molar-refractivity contribution in [3.8, 4) is 0 Å². The molecule has 2 unspecified atom stereocenters. The van der Waals surface area contributed by atoms with Crippen LogP contribution in [0.25, 0.3) is 0 Å². The van der Waals surface area contributed by atoms with Crippen LogP contribution in [0, 0.1) is 11.8 Å². The Bertz CT molecular complexity index is 1420. The van der Waals surface area contributed by atoms with Gasteiger partial charge in [-0.15, -0.1) is 0 Å². The monoisotopic (exact) mass is 753 g/mol. The molecule has 2 fully saturated rings. The molecule has 4 rings (SSSR count). The van der Waals surface area contributed by atoms with E-state index >= 15 is 0 Å². The van der Waals surface area contributed by atoms with Gasteiger partial charge < -0.3 is 24.1 Å². The van der Waals surface area contributed by atoms with Crippen molar-refractivity contribution in [1.82, 2.24) is 9.80 Å². The summed E-state index contributed by atoms with van der Waals surface area (Å²) in [5.74, 6) is -0.0818. The smallest absolute Gasteiger partial charge is 0.416 e. The molecule has 7 nitrogen and oxygen atoms in total. The number of halogens is 8. The maximum Gasteiger partial charge on any atom is 0.416 e. The first kappa shape index (κ1) is 40.2. The summed E-state index contributed by atoms with van der Waals surface area (Å²) in [6, 6.07) is 6.52. The van der Waals surface area contributed by atoms with Gasteiger partial charge in [-0.05, 0) is 113 Å². The van der Waals surface area contributed by atoms with Crippen molar-refractivity contribution in [2.75, 3.05) is 59.6 Å². The highest BCUT2D eigenvalue weighted by Gasteiger charge is 2.37. The minimum absolute atomic E-state index is 0.0727. The number of rotatable bonds is 14. The summed E-state index contributed by atoms with van der Waals surface area (Å²) in [6.45, 7) is 6.53. The average molecular weight is 755 g/mol. The normalized spacial score (nSPS) is 19.4. The molecule has 2 aliphatic heterocycles. The van der Waals surface area contributed by atoms with Gasteiger partial charge in [0.15, 0.2) is 0 Å². The molecule has 2 aromatic rings. The molecule has 0 radical (unpaired) electrons. The third kappa shape index (κ3) is 11.7. The molecule has 0 aliphatic carbocycles. The van der Waals surface area contributed by atoms with Gasteiger partial charge in [0.05, 0.1) is 52.6 Å². The molecule has 0 saturated carbocycles. The second-order valence-corrected chi connectivity index (χ2v) is 13.6. The predicted molar refractivity (Wildman–Crippen MR) is 179 cm³/mol. The van der Waals surface area contributed by atoms with Crippen molar-refractivity contribution in [3.05, 3.63) is 68.7 Å².